The van der Waals surface area contributed by atoms with Crippen LogP contribution in [-0.2, 0) is 6.54 Å². The Hall–Kier alpha value is -1.10. The van der Waals surface area contributed by atoms with Gasteiger partial charge in [-0.1, -0.05) is 0 Å². The Labute approximate surface area is 81.6 Å². The van der Waals surface area contributed by atoms with Crippen molar-refractivity contribution in [3.63, 3.8) is 0 Å². The van der Waals surface area contributed by atoms with Crippen molar-refractivity contribution in [2.45, 2.75) is 13.5 Å². The van der Waals surface area contributed by atoms with Crippen LogP contribution in [-0.4, -0.2) is 30.0 Å². The zero-order chi connectivity index (χ0) is 9.84. The first-order chi connectivity index (χ1) is 6.09. The molecule has 0 saturated heterocycles. The predicted molar refractivity (Wildman–Crippen MR) is 52.8 cm³/mol. The molecule has 0 radical (unpaired) electrons. The van der Waals surface area contributed by atoms with Crippen LogP contribution in [0.3, 0.4) is 0 Å². The molecule has 13 heavy (non-hydrogen) atoms. The molecule has 5 heteroatoms. The first kappa shape index (κ1) is 9.98. The maximum absolute atomic E-state index is 11.1. The largest absolute Gasteiger partial charge is 0.333 e. The Morgan fingerprint density at radius 3 is 2.85 bits per heavy atom. The molecule has 1 rings (SSSR count). The van der Waals surface area contributed by atoms with Crippen molar-refractivity contribution in [1.29, 1.82) is 0 Å². The number of aromatic nitrogens is 1. The first-order valence-electron chi connectivity index (χ1n) is 3.96. The molecule has 0 aromatic carbocycles. The number of carbonyl (C=O) groups excluding carboxylic acids is 1. The van der Waals surface area contributed by atoms with Crippen molar-refractivity contribution in [2.75, 3.05) is 14.1 Å². The van der Waals surface area contributed by atoms with Gasteiger partial charge in [0.2, 0.25) is 0 Å². The Bertz CT molecular complexity index is 295. The number of amides is 2. The van der Waals surface area contributed by atoms with Crippen LogP contribution in [0.1, 0.15) is 9.88 Å². The molecule has 0 bridgehead atoms. The van der Waals surface area contributed by atoms with Gasteiger partial charge in [-0.25, -0.2) is 9.78 Å². The number of nitrogens with zero attached hydrogens (tertiary/aromatic N) is 2. The van der Waals surface area contributed by atoms with Gasteiger partial charge in [-0.15, -0.1) is 11.3 Å². The standard InChI is InChI=1S/C8H13N3OS/c1-6-9-4-7(13-6)5-10-8(12)11(2)3/h4H,5H2,1-3H3,(H,10,12). The Morgan fingerprint density at radius 1 is 1.69 bits per heavy atom. The van der Waals surface area contributed by atoms with Gasteiger partial charge in [-0.3, -0.25) is 0 Å². The molecule has 0 unspecified atom stereocenters. The summed E-state index contributed by atoms with van der Waals surface area (Å²) < 4.78 is 0. The van der Waals surface area contributed by atoms with E-state index in [9.17, 15) is 4.79 Å². The molecule has 0 saturated carbocycles. The smallest absolute Gasteiger partial charge is 0.317 e. The number of thiazole rings is 1. The molecule has 0 fully saturated rings. The van der Waals surface area contributed by atoms with Gasteiger partial charge in [-0.05, 0) is 6.92 Å². The van der Waals surface area contributed by atoms with Gasteiger partial charge in [0.05, 0.1) is 11.6 Å². The van der Waals surface area contributed by atoms with E-state index in [0.29, 0.717) is 6.54 Å². The topological polar surface area (TPSA) is 45.2 Å². The molecule has 1 heterocycles. The van der Waals surface area contributed by atoms with Crippen LogP contribution < -0.4 is 5.32 Å². The van der Waals surface area contributed by atoms with Crippen molar-refractivity contribution in [3.8, 4) is 0 Å². The van der Waals surface area contributed by atoms with E-state index in [1.807, 2.05) is 6.92 Å². The van der Waals surface area contributed by atoms with Crippen LogP contribution in [0.2, 0.25) is 0 Å². The number of nitrogens with one attached hydrogen (secondary N) is 1. The lowest BCUT2D eigenvalue weighted by Gasteiger charge is -2.10. The molecule has 2 amide bonds. The molecule has 1 N–H and O–H groups in total. The van der Waals surface area contributed by atoms with E-state index < -0.39 is 0 Å². The molecule has 1 aromatic rings. The monoisotopic (exact) mass is 199 g/mol. The van der Waals surface area contributed by atoms with Crippen LogP contribution in [0, 0.1) is 6.92 Å². The fourth-order valence-corrected chi connectivity index (χ4v) is 1.54. The number of urea groups is 1. The normalized spacial score (nSPS) is 9.77. The molecule has 0 spiro atoms. The molecular formula is C8H13N3OS. The zero-order valence-corrected chi connectivity index (χ0v) is 8.81. The van der Waals surface area contributed by atoms with Gasteiger partial charge in [0.25, 0.3) is 0 Å². The van der Waals surface area contributed by atoms with Gasteiger partial charge < -0.3 is 10.2 Å². The third-order valence-corrected chi connectivity index (χ3v) is 2.40. The zero-order valence-electron chi connectivity index (χ0n) is 8.00. The molecule has 0 aliphatic carbocycles. The number of hydrogen-bond acceptors (Lipinski definition) is 3. The fourth-order valence-electron chi connectivity index (χ4n) is 0.808. The number of hydrogen-bond donors (Lipinski definition) is 1. The molecule has 0 atom stereocenters. The Kier molecular flexibility index (Phi) is 3.25. The minimum Gasteiger partial charge on any atom is -0.333 e. The quantitative estimate of drug-likeness (QED) is 0.778. The lowest BCUT2D eigenvalue weighted by Crippen LogP contribution is -2.33. The number of aryl methyl sites for hydroxylation is 1. The van der Waals surface area contributed by atoms with Gasteiger partial charge in [0.1, 0.15) is 0 Å². The van der Waals surface area contributed by atoms with E-state index in [0.717, 1.165) is 9.88 Å². The minimum absolute atomic E-state index is 0.0777. The summed E-state index contributed by atoms with van der Waals surface area (Å²) >= 11 is 1.60. The number of carbonyl (C=O) groups is 1. The van der Waals surface area contributed by atoms with Crippen molar-refractivity contribution in [1.82, 2.24) is 15.2 Å². The van der Waals surface area contributed by atoms with Crippen molar-refractivity contribution < 1.29 is 4.79 Å². The van der Waals surface area contributed by atoms with Crippen LogP contribution in [0.15, 0.2) is 6.20 Å². The van der Waals surface area contributed by atoms with Crippen LogP contribution in [0.4, 0.5) is 4.79 Å². The molecule has 1 aromatic heterocycles. The summed E-state index contributed by atoms with van der Waals surface area (Å²) in [5.41, 5.74) is 0. The van der Waals surface area contributed by atoms with Gasteiger partial charge in [0, 0.05) is 25.2 Å². The molecule has 72 valence electrons. The van der Waals surface area contributed by atoms with Gasteiger partial charge in [0.15, 0.2) is 0 Å². The maximum atomic E-state index is 11.1. The highest BCUT2D eigenvalue weighted by Crippen LogP contribution is 2.10. The Morgan fingerprint density at radius 2 is 2.38 bits per heavy atom. The maximum Gasteiger partial charge on any atom is 0.317 e. The third kappa shape index (κ3) is 3.02. The minimum atomic E-state index is -0.0777. The van der Waals surface area contributed by atoms with Crippen LogP contribution >= 0.6 is 11.3 Å². The highest BCUT2D eigenvalue weighted by atomic mass is 32.1. The summed E-state index contributed by atoms with van der Waals surface area (Å²) in [7, 11) is 3.43. The van der Waals surface area contributed by atoms with Crippen LogP contribution in [0.5, 0.6) is 0 Å². The van der Waals surface area contributed by atoms with Crippen molar-refractivity contribution in [2.24, 2.45) is 0 Å². The third-order valence-electron chi connectivity index (χ3n) is 1.49. The molecule has 0 aliphatic heterocycles. The molecule has 0 aliphatic rings. The average Bonchev–Trinajstić information content (AvgIpc) is 2.47. The summed E-state index contributed by atoms with van der Waals surface area (Å²) in [4.78, 5) is 17.8. The summed E-state index contributed by atoms with van der Waals surface area (Å²) in [5.74, 6) is 0. The molecule has 4 nitrogen and oxygen atoms in total. The lowest BCUT2D eigenvalue weighted by atomic mass is 10.5. The van der Waals surface area contributed by atoms with E-state index in [1.54, 1.807) is 31.6 Å². The van der Waals surface area contributed by atoms with E-state index in [-0.39, 0.29) is 6.03 Å². The predicted octanol–water partition coefficient (Wildman–Crippen LogP) is 1.22. The van der Waals surface area contributed by atoms with Crippen molar-refractivity contribution >= 4 is 17.4 Å². The van der Waals surface area contributed by atoms with Crippen LogP contribution in [0.25, 0.3) is 0 Å². The van der Waals surface area contributed by atoms with E-state index in [4.69, 9.17) is 0 Å². The second-order valence-electron chi connectivity index (χ2n) is 2.90. The van der Waals surface area contributed by atoms with Crippen molar-refractivity contribution in [3.05, 3.63) is 16.1 Å². The second kappa shape index (κ2) is 4.23. The average molecular weight is 199 g/mol. The summed E-state index contributed by atoms with van der Waals surface area (Å²) in [6.45, 7) is 2.50. The SMILES string of the molecule is Cc1ncc(CNC(=O)N(C)C)s1. The van der Waals surface area contributed by atoms with Gasteiger partial charge in [-0.2, -0.15) is 0 Å². The second-order valence-corrected chi connectivity index (χ2v) is 4.22. The Balaban J connectivity index is 2.39. The fraction of sp³-hybridized carbons (Fsp3) is 0.500. The van der Waals surface area contributed by atoms with E-state index >= 15 is 0 Å². The van der Waals surface area contributed by atoms with Gasteiger partial charge >= 0.3 is 6.03 Å². The first-order valence-corrected chi connectivity index (χ1v) is 4.77. The highest BCUT2D eigenvalue weighted by molar-refractivity contribution is 7.11. The summed E-state index contributed by atoms with van der Waals surface area (Å²) in [6, 6.07) is -0.0777. The molecular weight excluding hydrogens is 186 g/mol. The summed E-state index contributed by atoms with van der Waals surface area (Å²) in [5, 5.41) is 3.79. The lowest BCUT2D eigenvalue weighted by molar-refractivity contribution is 0.217. The van der Waals surface area contributed by atoms with E-state index in [1.165, 1.54) is 4.90 Å². The highest BCUT2D eigenvalue weighted by Gasteiger charge is 2.03. The summed E-state index contributed by atoms with van der Waals surface area (Å²) in [6.07, 6.45) is 1.79. The van der Waals surface area contributed by atoms with E-state index in [2.05, 4.69) is 10.3 Å². The number of rotatable bonds is 2.